The summed E-state index contributed by atoms with van der Waals surface area (Å²) in [6, 6.07) is 6.23. The molecule has 3 nitrogen and oxygen atoms in total. The van der Waals surface area contributed by atoms with Crippen molar-refractivity contribution in [2.24, 2.45) is 5.92 Å². The monoisotopic (exact) mass is 251 g/mol. The van der Waals surface area contributed by atoms with E-state index in [4.69, 9.17) is 5.11 Å². The number of fused-ring (bicyclic) bond motifs is 1. The van der Waals surface area contributed by atoms with Crippen LogP contribution in [0.1, 0.15) is 18.9 Å². The van der Waals surface area contributed by atoms with Crippen molar-refractivity contribution in [1.29, 1.82) is 0 Å². The maximum absolute atomic E-state index is 11.0. The molecule has 4 heteroatoms. The van der Waals surface area contributed by atoms with Crippen LogP contribution >= 0.6 is 11.8 Å². The third-order valence-corrected chi connectivity index (χ3v) is 4.12. The maximum atomic E-state index is 11.0. The smallest absolute Gasteiger partial charge is 0.306 e. The summed E-state index contributed by atoms with van der Waals surface area (Å²) in [5, 5.41) is 12.4. The van der Waals surface area contributed by atoms with E-state index in [1.807, 2.05) is 24.8 Å². The van der Waals surface area contributed by atoms with Crippen LogP contribution in [0.5, 0.6) is 0 Å². The van der Waals surface area contributed by atoms with Gasteiger partial charge in [-0.25, -0.2) is 0 Å². The number of carboxylic acids is 1. The van der Waals surface area contributed by atoms with Crippen LogP contribution in [0.25, 0.3) is 0 Å². The minimum absolute atomic E-state index is 0.274. The largest absolute Gasteiger partial charge is 0.481 e. The number of benzene rings is 1. The lowest BCUT2D eigenvalue weighted by Gasteiger charge is -2.19. The van der Waals surface area contributed by atoms with Gasteiger partial charge in [0.05, 0.1) is 5.92 Å². The molecule has 1 aromatic carbocycles. The molecule has 0 radical (unpaired) electrons. The molecular formula is C13H17NO2S. The van der Waals surface area contributed by atoms with Crippen LogP contribution in [0.3, 0.4) is 0 Å². The van der Waals surface area contributed by atoms with E-state index < -0.39 is 5.97 Å². The highest BCUT2D eigenvalue weighted by atomic mass is 32.2. The molecule has 1 aromatic rings. The molecule has 0 saturated heterocycles. The number of hydrogen-bond donors (Lipinski definition) is 2. The Morgan fingerprint density at radius 1 is 1.59 bits per heavy atom. The van der Waals surface area contributed by atoms with Crippen molar-refractivity contribution in [2.75, 3.05) is 17.6 Å². The molecule has 1 aliphatic rings. The zero-order valence-electron chi connectivity index (χ0n) is 9.90. The maximum Gasteiger partial charge on any atom is 0.306 e. The average Bonchev–Trinajstić information content (AvgIpc) is 2.35. The molecule has 0 aliphatic carbocycles. The summed E-state index contributed by atoms with van der Waals surface area (Å²) in [5.41, 5.74) is 2.26. The molecule has 1 unspecified atom stereocenters. The van der Waals surface area contributed by atoms with E-state index in [0.29, 0.717) is 12.8 Å². The van der Waals surface area contributed by atoms with E-state index in [1.54, 1.807) is 0 Å². The number of rotatable bonds is 4. The van der Waals surface area contributed by atoms with Crippen LogP contribution in [0.15, 0.2) is 23.1 Å². The van der Waals surface area contributed by atoms with Gasteiger partial charge in [-0.3, -0.25) is 4.79 Å². The number of anilines is 1. The quantitative estimate of drug-likeness (QED) is 0.864. The van der Waals surface area contributed by atoms with Gasteiger partial charge in [0.15, 0.2) is 0 Å². The van der Waals surface area contributed by atoms with Gasteiger partial charge in [-0.1, -0.05) is 13.0 Å². The molecule has 2 N–H and O–H groups in total. The van der Waals surface area contributed by atoms with Gasteiger partial charge in [0.2, 0.25) is 0 Å². The van der Waals surface area contributed by atoms with Gasteiger partial charge in [0.1, 0.15) is 0 Å². The Labute approximate surface area is 106 Å². The van der Waals surface area contributed by atoms with E-state index in [-0.39, 0.29) is 5.92 Å². The number of carboxylic acid groups (broad SMARTS) is 1. The summed E-state index contributed by atoms with van der Waals surface area (Å²) in [5.74, 6) is 0.121. The lowest BCUT2D eigenvalue weighted by molar-refractivity contribution is -0.141. The highest BCUT2D eigenvalue weighted by Gasteiger charge is 2.17. The molecule has 0 saturated carbocycles. The minimum Gasteiger partial charge on any atom is -0.481 e. The second-order valence-corrected chi connectivity index (χ2v) is 5.39. The fraction of sp³-hybridized carbons (Fsp3) is 0.462. The number of carbonyl (C=O) groups is 1. The summed E-state index contributed by atoms with van der Waals surface area (Å²) in [6.07, 6.45) is 1.29. The summed E-state index contributed by atoms with van der Waals surface area (Å²) >= 11 is 1.85. The van der Waals surface area contributed by atoms with Crippen LogP contribution in [-0.2, 0) is 11.2 Å². The van der Waals surface area contributed by atoms with Crippen molar-refractivity contribution < 1.29 is 9.90 Å². The zero-order valence-corrected chi connectivity index (χ0v) is 10.7. The highest BCUT2D eigenvalue weighted by Crippen LogP contribution is 2.32. The SMILES string of the molecule is CCC(Cc1ccc2c(c1)NCCS2)C(=O)O. The van der Waals surface area contributed by atoms with Gasteiger partial charge in [0, 0.05) is 22.9 Å². The third-order valence-electron chi connectivity index (χ3n) is 3.04. The topological polar surface area (TPSA) is 49.3 Å². The molecule has 0 aromatic heterocycles. The first kappa shape index (κ1) is 12.3. The summed E-state index contributed by atoms with van der Waals surface area (Å²) in [4.78, 5) is 12.3. The lowest BCUT2D eigenvalue weighted by Crippen LogP contribution is -2.16. The molecule has 0 fully saturated rings. The van der Waals surface area contributed by atoms with E-state index in [0.717, 1.165) is 23.5 Å². The predicted octanol–water partition coefficient (Wildman–Crippen LogP) is 2.86. The van der Waals surface area contributed by atoms with Gasteiger partial charge >= 0.3 is 5.97 Å². The molecule has 1 aliphatic heterocycles. The van der Waals surface area contributed by atoms with Crippen molar-refractivity contribution in [3.8, 4) is 0 Å². The zero-order chi connectivity index (χ0) is 12.3. The molecule has 2 rings (SSSR count). The Morgan fingerprint density at radius 3 is 3.12 bits per heavy atom. The van der Waals surface area contributed by atoms with Crippen LogP contribution in [0.2, 0.25) is 0 Å². The number of aliphatic carboxylic acids is 1. The van der Waals surface area contributed by atoms with Crippen LogP contribution < -0.4 is 5.32 Å². The van der Waals surface area contributed by atoms with E-state index in [2.05, 4.69) is 17.4 Å². The van der Waals surface area contributed by atoms with Crippen LogP contribution in [-0.4, -0.2) is 23.4 Å². The molecule has 17 heavy (non-hydrogen) atoms. The predicted molar refractivity (Wildman–Crippen MR) is 70.8 cm³/mol. The normalized spacial score (nSPS) is 15.8. The summed E-state index contributed by atoms with van der Waals surface area (Å²) in [7, 11) is 0. The molecule has 0 amide bonds. The van der Waals surface area contributed by atoms with Crippen molar-refractivity contribution in [3.63, 3.8) is 0 Å². The average molecular weight is 251 g/mol. The minimum atomic E-state index is -0.701. The first-order chi connectivity index (χ1) is 8.20. The molecule has 0 bridgehead atoms. The van der Waals surface area contributed by atoms with Gasteiger partial charge < -0.3 is 10.4 Å². The Bertz CT molecular complexity index is 420. The van der Waals surface area contributed by atoms with Crippen molar-refractivity contribution >= 4 is 23.4 Å². The fourth-order valence-corrected chi connectivity index (χ4v) is 2.88. The van der Waals surface area contributed by atoms with Crippen molar-refractivity contribution in [1.82, 2.24) is 0 Å². The van der Waals surface area contributed by atoms with Crippen molar-refractivity contribution in [3.05, 3.63) is 23.8 Å². The van der Waals surface area contributed by atoms with E-state index in [9.17, 15) is 4.79 Å². The first-order valence-corrected chi connectivity index (χ1v) is 6.91. The lowest BCUT2D eigenvalue weighted by atomic mass is 9.97. The second kappa shape index (κ2) is 5.45. The summed E-state index contributed by atoms with van der Waals surface area (Å²) in [6.45, 7) is 2.91. The molecular weight excluding hydrogens is 234 g/mol. The van der Waals surface area contributed by atoms with Crippen LogP contribution in [0, 0.1) is 5.92 Å². The van der Waals surface area contributed by atoms with Gasteiger partial charge in [-0.2, -0.15) is 0 Å². The third kappa shape index (κ3) is 2.94. The van der Waals surface area contributed by atoms with Crippen LogP contribution in [0.4, 0.5) is 5.69 Å². The Morgan fingerprint density at radius 2 is 2.41 bits per heavy atom. The first-order valence-electron chi connectivity index (χ1n) is 5.93. The molecule has 0 spiro atoms. The van der Waals surface area contributed by atoms with E-state index >= 15 is 0 Å². The number of hydrogen-bond acceptors (Lipinski definition) is 3. The van der Waals surface area contributed by atoms with E-state index in [1.165, 1.54) is 4.90 Å². The fourth-order valence-electron chi connectivity index (χ4n) is 2.01. The highest BCUT2D eigenvalue weighted by molar-refractivity contribution is 7.99. The Balaban J connectivity index is 2.14. The Kier molecular flexibility index (Phi) is 3.94. The standard InChI is InChI=1S/C13H17NO2S/c1-2-10(13(15)16)7-9-3-4-12-11(8-9)14-5-6-17-12/h3-4,8,10,14H,2,5-7H2,1H3,(H,15,16). The molecule has 1 atom stereocenters. The Hall–Kier alpha value is -1.16. The number of thioether (sulfide) groups is 1. The van der Waals surface area contributed by atoms with Crippen molar-refractivity contribution in [2.45, 2.75) is 24.7 Å². The number of nitrogens with one attached hydrogen (secondary N) is 1. The van der Waals surface area contributed by atoms with Gasteiger partial charge in [-0.15, -0.1) is 11.8 Å². The van der Waals surface area contributed by atoms with Gasteiger partial charge in [-0.05, 0) is 30.5 Å². The van der Waals surface area contributed by atoms with Gasteiger partial charge in [0.25, 0.3) is 0 Å². The summed E-state index contributed by atoms with van der Waals surface area (Å²) < 4.78 is 0. The molecule has 92 valence electrons. The molecule has 1 heterocycles. The second-order valence-electron chi connectivity index (χ2n) is 4.25.